The monoisotopic (exact) mass is 375 g/mol. The third kappa shape index (κ3) is 3.34. The number of hydrogen-bond donors (Lipinski definition) is 1. The summed E-state index contributed by atoms with van der Waals surface area (Å²) in [7, 11) is 0. The molecule has 0 spiro atoms. The van der Waals surface area contributed by atoms with Crippen LogP contribution in [0.2, 0.25) is 0 Å². The maximum absolute atomic E-state index is 4.22. The maximum Gasteiger partial charge on any atom is 0.149 e. The second-order valence-corrected chi connectivity index (χ2v) is 6.24. The van der Waals surface area contributed by atoms with Gasteiger partial charge < -0.3 is 5.32 Å². The molecule has 0 amide bonds. The van der Waals surface area contributed by atoms with E-state index in [4.69, 9.17) is 0 Å². The number of benzene rings is 1. The highest BCUT2D eigenvalue weighted by atomic mass is 79.9. The third-order valence-corrected chi connectivity index (χ3v) is 4.29. The zero-order valence-corrected chi connectivity index (χ0v) is 13.2. The molecule has 2 rings (SSSR count). The normalized spacial score (nSPS) is 10.8. The van der Waals surface area contributed by atoms with Crippen LogP contribution in [0.25, 0.3) is 10.6 Å². The van der Waals surface area contributed by atoms with Gasteiger partial charge in [-0.15, -0.1) is 10.2 Å². The third-order valence-electron chi connectivity index (χ3n) is 2.15. The molecule has 2 aromatic rings. The Labute approximate surface area is 121 Å². The van der Waals surface area contributed by atoms with Crippen molar-refractivity contribution in [1.82, 2.24) is 15.5 Å². The minimum Gasteiger partial charge on any atom is -0.311 e. The Bertz CT molecular complexity index is 513. The Balaban J connectivity index is 2.27. The average molecular weight is 377 g/mol. The predicted octanol–water partition coefficient (Wildman–Crippen LogP) is 3.84. The predicted molar refractivity (Wildman–Crippen MR) is 78.1 cm³/mol. The van der Waals surface area contributed by atoms with E-state index in [0.717, 1.165) is 37.6 Å². The maximum atomic E-state index is 4.22. The Morgan fingerprint density at radius 3 is 2.88 bits per heavy atom. The lowest BCUT2D eigenvalue weighted by Gasteiger charge is -2.00. The number of halogens is 2. The minimum absolute atomic E-state index is 0.778. The molecule has 3 nitrogen and oxygen atoms in total. The summed E-state index contributed by atoms with van der Waals surface area (Å²) in [6.07, 6.45) is 0. The van der Waals surface area contributed by atoms with Crippen LogP contribution in [0.1, 0.15) is 11.9 Å². The van der Waals surface area contributed by atoms with Crippen LogP contribution in [-0.2, 0) is 6.54 Å². The molecule has 1 aromatic carbocycles. The molecule has 1 N–H and O–H groups in total. The van der Waals surface area contributed by atoms with Gasteiger partial charge in [-0.2, -0.15) is 0 Å². The van der Waals surface area contributed by atoms with Gasteiger partial charge in [0.1, 0.15) is 10.0 Å². The molecule has 0 aliphatic carbocycles. The summed E-state index contributed by atoms with van der Waals surface area (Å²) in [5, 5.41) is 13.6. The molecule has 0 bridgehead atoms. The first-order chi connectivity index (χ1) is 8.20. The van der Waals surface area contributed by atoms with Gasteiger partial charge in [0, 0.05) is 21.1 Å². The van der Waals surface area contributed by atoms with Crippen molar-refractivity contribution in [3.63, 3.8) is 0 Å². The van der Waals surface area contributed by atoms with E-state index in [1.165, 1.54) is 0 Å². The highest BCUT2D eigenvalue weighted by molar-refractivity contribution is 9.11. The summed E-state index contributed by atoms with van der Waals surface area (Å²) in [5.74, 6) is 0. The molecule has 0 fully saturated rings. The SMILES string of the molecule is CCNCc1nnc(-c2cc(Br)ccc2Br)s1. The molecule has 0 unspecified atom stereocenters. The van der Waals surface area contributed by atoms with Crippen molar-refractivity contribution >= 4 is 43.2 Å². The van der Waals surface area contributed by atoms with Crippen LogP contribution >= 0.6 is 43.2 Å². The van der Waals surface area contributed by atoms with E-state index in [1.807, 2.05) is 18.2 Å². The van der Waals surface area contributed by atoms with Gasteiger partial charge in [-0.3, -0.25) is 0 Å². The smallest absolute Gasteiger partial charge is 0.149 e. The van der Waals surface area contributed by atoms with E-state index in [1.54, 1.807) is 11.3 Å². The van der Waals surface area contributed by atoms with E-state index in [-0.39, 0.29) is 0 Å². The summed E-state index contributed by atoms with van der Waals surface area (Å²) in [6.45, 7) is 3.79. The highest BCUT2D eigenvalue weighted by Crippen LogP contribution is 2.32. The second kappa shape index (κ2) is 6.04. The Kier molecular flexibility index (Phi) is 4.67. The van der Waals surface area contributed by atoms with Crippen LogP contribution in [0, 0.1) is 0 Å². The Hall–Kier alpha value is -0.300. The number of nitrogens with zero attached hydrogens (tertiary/aromatic N) is 2. The van der Waals surface area contributed by atoms with Gasteiger partial charge in [-0.25, -0.2) is 0 Å². The summed E-state index contributed by atoms with van der Waals surface area (Å²) in [4.78, 5) is 0. The molecular weight excluding hydrogens is 366 g/mol. The van der Waals surface area contributed by atoms with E-state index in [9.17, 15) is 0 Å². The van der Waals surface area contributed by atoms with Crippen molar-refractivity contribution in [1.29, 1.82) is 0 Å². The fourth-order valence-electron chi connectivity index (χ4n) is 1.33. The van der Waals surface area contributed by atoms with E-state index < -0.39 is 0 Å². The second-order valence-electron chi connectivity index (χ2n) is 3.41. The first-order valence-electron chi connectivity index (χ1n) is 5.19. The number of rotatable bonds is 4. The van der Waals surface area contributed by atoms with Crippen LogP contribution in [-0.4, -0.2) is 16.7 Å². The van der Waals surface area contributed by atoms with Crippen LogP contribution in [0.15, 0.2) is 27.1 Å². The van der Waals surface area contributed by atoms with Gasteiger partial charge in [0.25, 0.3) is 0 Å². The van der Waals surface area contributed by atoms with Gasteiger partial charge in [0.15, 0.2) is 0 Å². The van der Waals surface area contributed by atoms with E-state index >= 15 is 0 Å². The summed E-state index contributed by atoms with van der Waals surface area (Å²) >= 11 is 8.61. The van der Waals surface area contributed by atoms with Crippen LogP contribution < -0.4 is 5.32 Å². The van der Waals surface area contributed by atoms with Crippen LogP contribution in [0.3, 0.4) is 0 Å². The van der Waals surface area contributed by atoms with Crippen molar-refractivity contribution in [2.24, 2.45) is 0 Å². The first kappa shape index (κ1) is 13.1. The quantitative estimate of drug-likeness (QED) is 0.880. The highest BCUT2D eigenvalue weighted by Gasteiger charge is 2.10. The molecule has 1 heterocycles. The van der Waals surface area contributed by atoms with Gasteiger partial charge >= 0.3 is 0 Å². The summed E-state index contributed by atoms with van der Waals surface area (Å²) in [5.41, 5.74) is 1.07. The molecular formula is C11H11Br2N3S. The molecule has 17 heavy (non-hydrogen) atoms. The molecule has 0 saturated carbocycles. The molecule has 1 aromatic heterocycles. The van der Waals surface area contributed by atoms with Crippen molar-refractivity contribution in [3.8, 4) is 10.6 Å². The zero-order chi connectivity index (χ0) is 12.3. The molecule has 6 heteroatoms. The lowest BCUT2D eigenvalue weighted by molar-refractivity contribution is 0.715. The minimum atomic E-state index is 0.778. The molecule has 0 radical (unpaired) electrons. The van der Waals surface area contributed by atoms with Gasteiger partial charge in [-0.05, 0) is 24.7 Å². The standard InChI is InChI=1S/C11H11Br2N3S/c1-2-14-6-10-15-16-11(17-10)8-5-7(12)3-4-9(8)13/h3-5,14H,2,6H2,1H3. The summed E-state index contributed by atoms with van der Waals surface area (Å²) < 4.78 is 2.07. The van der Waals surface area contributed by atoms with Crippen molar-refractivity contribution in [2.75, 3.05) is 6.54 Å². The first-order valence-corrected chi connectivity index (χ1v) is 7.59. The van der Waals surface area contributed by atoms with Gasteiger partial charge in [-0.1, -0.05) is 50.1 Å². The van der Waals surface area contributed by atoms with Gasteiger partial charge in [0.2, 0.25) is 0 Å². The lowest BCUT2D eigenvalue weighted by atomic mass is 10.2. The average Bonchev–Trinajstić information content (AvgIpc) is 2.78. The Morgan fingerprint density at radius 2 is 2.12 bits per heavy atom. The van der Waals surface area contributed by atoms with Crippen molar-refractivity contribution in [2.45, 2.75) is 13.5 Å². The Morgan fingerprint density at radius 1 is 1.29 bits per heavy atom. The van der Waals surface area contributed by atoms with Crippen LogP contribution in [0.5, 0.6) is 0 Å². The topological polar surface area (TPSA) is 37.8 Å². The van der Waals surface area contributed by atoms with Crippen molar-refractivity contribution < 1.29 is 0 Å². The molecule has 90 valence electrons. The van der Waals surface area contributed by atoms with Crippen molar-refractivity contribution in [3.05, 3.63) is 32.2 Å². The largest absolute Gasteiger partial charge is 0.311 e. The molecule has 0 atom stereocenters. The molecule has 0 aliphatic heterocycles. The number of nitrogens with one attached hydrogen (secondary N) is 1. The fraction of sp³-hybridized carbons (Fsp3) is 0.273. The van der Waals surface area contributed by atoms with E-state index in [0.29, 0.717) is 0 Å². The number of aromatic nitrogens is 2. The number of hydrogen-bond acceptors (Lipinski definition) is 4. The molecule has 0 aliphatic rings. The fourth-order valence-corrected chi connectivity index (χ4v) is 3.09. The lowest BCUT2D eigenvalue weighted by Crippen LogP contribution is -2.11. The van der Waals surface area contributed by atoms with E-state index in [2.05, 4.69) is 54.3 Å². The van der Waals surface area contributed by atoms with Crippen LogP contribution in [0.4, 0.5) is 0 Å². The van der Waals surface area contributed by atoms with Gasteiger partial charge in [0.05, 0.1) is 0 Å². The summed E-state index contributed by atoms with van der Waals surface area (Å²) in [6, 6.07) is 6.04. The zero-order valence-electron chi connectivity index (χ0n) is 9.20. The molecule has 0 saturated heterocycles.